The molecule has 0 aliphatic carbocycles. The Labute approximate surface area is 74.1 Å². The fourth-order valence-electron chi connectivity index (χ4n) is 0.764. The lowest BCUT2D eigenvalue weighted by Gasteiger charge is -1.97. The molecule has 0 spiro atoms. The van der Waals surface area contributed by atoms with Gasteiger partial charge in [0.15, 0.2) is 0 Å². The van der Waals surface area contributed by atoms with E-state index >= 15 is 0 Å². The number of hydrogen-bond donors (Lipinski definition) is 0. The number of hydrogen-bond acceptors (Lipinski definition) is 1. The zero-order valence-corrected chi connectivity index (χ0v) is 8.21. The zero-order valence-electron chi connectivity index (χ0n) is 7.39. The average Bonchev–Trinajstić information content (AvgIpc) is 2.01. The summed E-state index contributed by atoms with van der Waals surface area (Å²) in [4.78, 5) is 1.30. The summed E-state index contributed by atoms with van der Waals surface area (Å²) in [5.41, 5.74) is 3.20. The molecule has 0 radical (unpaired) electrons. The third-order valence-corrected chi connectivity index (χ3v) is 2.06. The van der Waals surface area contributed by atoms with Gasteiger partial charge in [-0.15, -0.1) is 5.73 Å². The number of thioether (sulfide) groups is 1. The molecular weight excluding hydrogens is 152 g/mol. The van der Waals surface area contributed by atoms with Gasteiger partial charge in [0.05, 0.1) is 0 Å². The molecule has 0 aromatic carbocycles. The molecule has 0 aromatic rings. The Bertz CT molecular complexity index is 162. The van der Waals surface area contributed by atoms with Gasteiger partial charge in [-0.05, 0) is 31.2 Å². The summed E-state index contributed by atoms with van der Waals surface area (Å²) in [6.45, 7) is 7.87. The maximum Gasteiger partial charge on any atom is 0.0306 e. The van der Waals surface area contributed by atoms with E-state index in [1.54, 1.807) is 11.8 Å². The number of allylic oxidation sites excluding steroid dienone is 1. The van der Waals surface area contributed by atoms with Crippen molar-refractivity contribution in [3.63, 3.8) is 0 Å². The van der Waals surface area contributed by atoms with E-state index in [1.165, 1.54) is 17.7 Å². The normalized spacial score (nSPS) is 8.55. The Kier molecular flexibility index (Phi) is 7.44. The lowest BCUT2D eigenvalue weighted by molar-refractivity contribution is 0.809. The third kappa shape index (κ3) is 6.03. The monoisotopic (exact) mass is 168 g/mol. The molecule has 0 unspecified atom stereocenters. The van der Waals surface area contributed by atoms with Gasteiger partial charge in [0.2, 0.25) is 0 Å². The van der Waals surface area contributed by atoms with Crippen molar-refractivity contribution in [1.29, 1.82) is 0 Å². The van der Waals surface area contributed by atoms with Crippen molar-refractivity contribution in [1.82, 2.24) is 0 Å². The van der Waals surface area contributed by atoms with Gasteiger partial charge < -0.3 is 0 Å². The van der Waals surface area contributed by atoms with Gasteiger partial charge in [0.25, 0.3) is 0 Å². The first-order valence-corrected chi connectivity index (χ1v) is 4.90. The minimum Gasteiger partial charge on any atom is -0.115 e. The molecule has 0 saturated heterocycles. The summed E-state index contributed by atoms with van der Waals surface area (Å²) in [5, 5.41) is 1.86. The van der Waals surface area contributed by atoms with Crippen LogP contribution in [0.4, 0.5) is 0 Å². The SMILES string of the molecule is C=CSC(=C=CC)CCCC. The van der Waals surface area contributed by atoms with Gasteiger partial charge in [-0.2, -0.15) is 0 Å². The highest BCUT2D eigenvalue weighted by atomic mass is 32.2. The largest absolute Gasteiger partial charge is 0.115 e. The first-order valence-electron chi connectivity index (χ1n) is 4.02. The van der Waals surface area contributed by atoms with Crippen LogP contribution in [0.3, 0.4) is 0 Å². The molecule has 0 N–H and O–H groups in total. The predicted octanol–water partition coefficient (Wildman–Crippen LogP) is 4.11. The molecular formula is C10H16S. The molecule has 0 bridgehead atoms. The average molecular weight is 168 g/mol. The summed E-state index contributed by atoms with van der Waals surface area (Å²) in [5.74, 6) is 0. The quantitative estimate of drug-likeness (QED) is 0.557. The van der Waals surface area contributed by atoms with Crippen molar-refractivity contribution < 1.29 is 0 Å². The van der Waals surface area contributed by atoms with Crippen molar-refractivity contribution in [3.05, 3.63) is 28.7 Å². The Balaban J connectivity index is 3.90. The summed E-state index contributed by atoms with van der Waals surface area (Å²) < 4.78 is 0. The fourth-order valence-corrected chi connectivity index (χ4v) is 1.41. The third-order valence-electron chi connectivity index (χ3n) is 1.29. The van der Waals surface area contributed by atoms with E-state index in [9.17, 15) is 0 Å². The van der Waals surface area contributed by atoms with Crippen LogP contribution in [0, 0.1) is 0 Å². The van der Waals surface area contributed by atoms with Gasteiger partial charge in [-0.3, -0.25) is 0 Å². The smallest absolute Gasteiger partial charge is 0.0306 e. The lowest BCUT2D eigenvalue weighted by Crippen LogP contribution is -1.74. The predicted molar refractivity (Wildman–Crippen MR) is 54.6 cm³/mol. The van der Waals surface area contributed by atoms with Crippen LogP contribution in [0.5, 0.6) is 0 Å². The van der Waals surface area contributed by atoms with Gasteiger partial charge >= 0.3 is 0 Å². The second kappa shape index (κ2) is 7.71. The maximum atomic E-state index is 3.68. The highest BCUT2D eigenvalue weighted by Gasteiger charge is 1.92. The molecule has 0 nitrogen and oxygen atoms in total. The van der Waals surface area contributed by atoms with E-state index < -0.39 is 0 Å². The summed E-state index contributed by atoms with van der Waals surface area (Å²) in [7, 11) is 0. The Morgan fingerprint density at radius 1 is 1.64 bits per heavy atom. The molecule has 62 valence electrons. The van der Waals surface area contributed by atoms with Crippen LogP contribution < -0.4 is 0 Å². The molecule has 0 aliphatic heterocycles. The van der Waals surface area contributed by atoms with Crippen LogP contribution in [0.1, 0.15) is 33.1 Å². The van der Waals surface area contributed by atoms with Gasteiger partial charge in [0.1, 0.15) is 0 Å². The molecule has 1 heteroatoms. The van der Waals surface area contributed by atoms with Crippen LogP contribution >= 0.6 is 11.8 Å². The summed E-state index contributed by atoms with van der Waals surface area (Å²) in [6, 6.07) is 0. The van der Waals surface area contributed by atoms with Crippen molar-refractivity contribution in [3.8, 4) is 0 Å². The number of unbranched alkanes of at least 4 members (excludes halogenated alkanes) is 1. The lowest BCUT2D eigenvalue weighted by atomic mass is 10.2. The minimum atomic E-state index is 1.14. The van der Waals surface area contributed by atoms with Crippen molar-refractivity contribution in [2.75, 3.05) is 0 Å². The van der Waals surface area contributed by atoms with Crippen LogP contribution in [0.15, 0.2) is 28.7 Å². The Morgan fingerprint density at radius 2 is 2.36 bits per heavy atom. The Hall–Kier alpha value is -0.390. The van der Waals surface area contributed by atoms with Crippen LogP contribution in [-0.4, -0.2) is 0 Å². The Morgan fingerprint density at radius 3 is 2.82 bits per heavy atom. The van der Waals surface area contributed by atoms with Gasteiger partial charge in [0, 0.05) is 4.91 Å². The van der Waals surface area contributed by atoms with Crippen LogP contribution in [0.2, 0.25) is 0 Å². The van der Waals surface area contributed by atoms with E-state index in [4.69, 9.17) is 0 Å². The standard InChI is InChI=1S/C10H16S/c1-4-7-9-10(8-5-2)11-6-3/h5-6H,3-4,7,9H2,1-2H3. The molecule has 11 heavy (non-hydrogen) atoms. The second-order valence-corrected chi connectivity index (χ2v) is 3.31. The molecule has 0 aliphatic rings. The van der Waals surface area contributed by atoms with Crippen LogP contribution in [-0.2, 0) is 0 Å². The minimum absolute atomic E-state index is 1.14. The molecule has 0 rings (SSSR count). The van der Waals surface area contributed by atoms with E-state index in [1.807, 2.05) is 18.4 Å². The molecule has 0 heterocycles. The first kappa shape index (κ1) is 10.6. The van der Waals surface area contributed by atoms with Crippen LogP contribution in [0.25, 0.3) is 0 Å². The highest BCUT2D eigenvalue weighted by molar-refractivity contribution is 8.05. The van der Waals surface area contributed by atoms with E-state index in [0.717, 1.165) is 6.42 Å². The summed E-state index contributed by atoms with van der Waals surface area (Å²) >= 11 is 1.68. The van der Waals surface area contributed by atoms with Crippen molar-refractivity contribution >= 4 is 11.8 Å². The van der Waals surface area contributed by atoms with E-state index in [2.05, 4.69) is 19.2 Å². The molecule has 0 saturated carbocycles. The molecule has 0 aromatic heterocycles. The molecule has 0 atom stereocenters. The molecule has 0 amide bonds. The summed E-state index contributed by atoms with van der Waals surface area (Å²) in [6.07, 6.45) is 5.59. The second-order valence-electron chi connectivity index (χ2n) is 2.24. The molecule has 0 fully saturated rings. The van der Waals surface area contributed by atoms with Gasteiger partial charge in [-0.1, -0.05) is 31.7 Å². The van der Waals surface area contributed by atoms with E-state index in [0.29, 0.717) is 0 Å². The number of rotatable bonds is 5. The van der Waals surface area contributed by atoms with E-state index in [-0.39, 0.29) is 0 Å². The van der Waals surface area contributed by atoms with Gasteiger partial charge in [-0.25, -0.2) is 0 Å². The maximum absolute atomic E-state index is 3.68. The first-order chi connectivity index (χ1) is 5.35. The fraction of sp³-hybridized carbons (Fsp3) is 0.500. The topological polar surface area (TPSA) is 0 Å². The van der Waals surface area contributed by atoms with Crippen molar-refractivity contribution in [2.45, 2.75) is 33.1 Å². The highest BCUT2D eigenvalue weighted by Crippen LogP contribution is 2.20. The zero-order chi connectivity index (χ0) is 8.53. The van der Waals surface area contributed by atoms with Crippen molar-refractivity contribution in [2.24, 2.45) is 0 Å².